The Kier molecular flexibility index (Phi) is 6.74. The molecule has 1 aromatic rings. The molecular weight excluding hydrogens is 272 g/mol. The van der Waals surface area contributed by atoms with E-state index in [1.54, 1.807) is 12.1 Å². The Morgan fingerprint density at radius 1 is 1.24 bits per heavy atom. The summed E-state index contributed by atoms with van der Waals surface area (Å²) in [5.41, 5.74) is 0.271. The molecule has 1 rings (SSSR count). The number of benzene rings is 1. The molecule has 5 nitrogen and oxygen atoms in total. The number of hydrogen-bond acceptors (Lipinski definition) is 5. The highest BCUT2D eigenvalue weighted by atomic mass is 16.6. The average molecular weight is 290 g/mol. The van der Waals surface area contributed by atoms with Crippen molar-refractivity contribution in [3.8, 4) is 5.75 Å². The van der Waals surface area contributed by atoms with Gasteiger partial charge in [-0.2, -0.15) is 0 Å². The van der Waals surface area contributed by atoms with Crippen LogP contribution in [0.4, 0.5) is 0 Å². The van der Waals surface area contributed by atoms with Gasteiger partial charge in [-0.05, 0) is 19.1 Å². The molecule has 21 heavy (non-hydrogen) atoms. The highest BCUT2D eigenvalue weighted by molar-refractivity contribution is 5.87. The molecule has 0 spiro atoms. The van der Waals surface area contributed by atoms with Gasteiger partial charge in [0.1, 0.15) is 19.0 Å². The van der Waals surface area contributed by atoms with Crippen molar-refractivity contribution >= 4 is 11.9 Å². The van der Waals surface area contributed by atoms with Crippen molar-refractivity contribution in [3.63, 3.8) is 0 Å². The number of esters is 2. The zero-order valence-corrected chi connectivity index (χ0v) is 11.9. The monoisotopic (exact) mass is 290 g/mol. The second-order valence-electron chi connectivity index (χ2n) is 4.27. The first kappa shape index (κ1) is 16.5. The lowest BCUT2D eigenvalue weighted by Gasteiger charge is -2.17. The minimum atomic E-state index is -0.723. The third kappa shape index (κ3) is 6.42. The van der Waals surface area contributed by atoms with Crippen LogP contribution in [0, 0.1) is 0 Å². The van der Waals surface area contributed by atoms with E-state index in [1.807, 2.05) is 18.2 Å². The van der Waals surface area contributed by atoms with Crippen molar-refractivity contribution < 1.29 is 23.8 Å². The van der Waals surface area contributed by atoms with Gasteiger partial charge in [-0.3, -0.25) is 0 Å². The Bertz CT molecular complexity index is 507. The van der Waals surface area contributed by atoms with Crippen molar-refractivity contribution in [1.82, 2.24) is 0 Å². The Hall–Kier alpha value is -2.56. The van der Waals surface area contributed by atoms with Gasteiger partial charge in [0.05, 0.1) is 0 Å². The van der Waals surface area contributed by atoms with Gasteiger partial charge in [0.2, 0.25) is 0 Å². The maximum atomic E-state index is 11.4. The Morgan fingerprint density at radius 2 is 1.90 bits per heavy atom. The Morgan fingerprint density at radius 3 is 2.48 bits per heavy atom. The fraction of sp³-hybridized carbons (Fsp3) is 0.250. The van der Waals surface area contributed by atoms with Crippen molar-refractivity contribution in [2.75, 3.05) is 13.2 Å². The molecule has 0 radical (unpaired) electrons. The van der Waals surface area contributed by atoms with Crippen LogP contribution in [0.1, 0.15) is 6.92 Å². The Labute approximate surface area is 123 Å². The molecule has 0 saturated carbocycles. The minimum Gasteiger partial charge on any atom is -0.490 e. The third-order valence-electron chi connectivity index (χ3n) is 2.38. The summed E-state index contributed by atoms with van der Waals surface area (Å²) < 4.78 is 15.5. The SMILES string of the molecule is C=CC(=O)OC(COC(=O)C(=C)C)COc1ccccc1. The van der Waals surface area contributed by atoms with E-state index in [4.69, 9.17) is 14.2 Å². The number of rotatable bonds is 8. The maximum absolute atomic E-state index is 11.4. The largest absolute Gasteiger partial charge is 0.490 e. The quantitative estimate of drug-likeness (QED) is 0.543. The number of carbonyl (C=O) groups excluding carboxylic acids is 2. The van der Waals surface area contributed by atoms with Crippen LogP contribution in [0.5, 0.6) is 5.75 Å². The standard InChI is InChI=1S/C16H18O5/c1-4-15(17)21-14(11-20-16(18)12(2)3)10-19-13-8-6-5-7-9-13/h4-9,14H,1-2,10-11H2,3H3. The predicted octanol–water partition coefficient (Wildman–Crippen LogP) is 2.28. The van der Waals surface area contributed by atoms with Gasteiger partial charge in [-0.15, -0.1) is 0 Å². The molecule has 0 fully saturated rings. The van der Waals surface area contributed by atoms with Crippen LogP contribution in [-0.4, -0.2) is 31.3 Å². The molecular formula is C16H18O5. The van der Waals surface area contributed by atoms with Gasteiger partial charge in [0.15, 0.2) is 6.10 Å². The van der Waals surface area contributed by atoms with Crippen molar-refractivity contribution in [3.05, 3.63) is 55.1 Å². The van der Waals surface area contributed by atoms with E-state index < -0.39 is 18.0 Å². The summed E-state index contributed by atoms with van der Waals surface area (Å²) in [6.07, 6.45) is 0.315. The smallest absolute Gasteiger partial charge is 0.333 e. The number of hydrogen-bond donors (Lipinski definition) is 0. The summed E-state index contributed by atoms with van der Waals surface area (Å²) in [5, 5.41) is 0. The van der Waals surface area contributed by atoms with Gasteiger partial charge < -0.3 is 14.2 Å². The van der Waals surface area contributed by atoms with E-state index in [2.05, 4.69) is 13.2 Å². The van der Waals surface area contributed by atoms with E-state index in [0.29, 0.717) is 5.75 Å². The molecule has 0 aliphatic carbocycles. The average Bonchev–Trinajstić information content (AvgIpc) is 2.50. The second kappa shape index (κ2) is 8.58. The zero-order valence-electron chi connectivity index (χ0n) is 11.9. The van der Waals surface area contributed by atoms with E-state index in [9.17, 15) is 9.59 Å². The summed E-state index contributed by atoms with van der Waals surface area (Å²) in [4.78, 5) is 22.6. The summed E-state index contributed by atoms with van der Waals surface area (Å²) in [6, 6.07) is 9.04. The lowest BCUT2D eigenvalue weighted by atomic mass is 10.3. The summed E-state index contributed by atoms with van der Waals surface area (Å²) in [6.45, 7) is 8.28. The topological polar surface area (TPSA) is 61.8 Å². The van der Waals surface area contributed by atoms with E-state index in [1.165, 1.54) is 6.92 Å². The number of ether oxygens (including phenoxy) is 3. The molecule has 1 aromatic carbocycles. The summed E-state index contributed by atoms with van der Waals surface area (Å²) >= 11 is 0. The minimum absolute atomic E-state index is 0.0626. The molecule has 1 atom stereocenters. The van der Waals surface area contributed by atoms with Crippen molar-refractivity contribution in [1.29, 1.82) is 0 Å². The number of para-hydroxylation sites is 1. The molecule has 0 bridgehead atoms. The summed E-state index contributed by atoms with van der Waals surface area (Å²) in [5.74, 6) is -0.527. The fourth-order valence-electron chi connectivity index (χ4n) is 1.33. The molecule has 0 heterocycles. The zero-order chi connectivity index (χ0) is 15.7. The predicted molar refractivity (Wildman–Crippen MR) is 77.8 cm³/mol. The van der Waals surface area contributed by atoms with Crippen LogP contribution in [0.2, 0.25) is 0 Å². The van der Waals surface area contributed by atoms with Crippen LogP contribution >= 0.6 is 0 Å². The van der Waals surface area contributed by atoms with E-state index >= 15 is 0 Å². The highest BCUT2D eigenvalue weighted by Gasteiger charge is 2.17. The maximum Gasteiger partial charge on any atom is 0.333 e. The van der Waals surface area contributed by atoms with Gasteiger partial charge in [0, 0.05) is 11.6 Å². The molecule has 5 heteroatoms. The van der Waals surface area contributed by atoms with Crippen LogP contribution in [0.15, 0.2) is 55.1 Å². The highest BCUT2D eigenvalue weighted by Crippen LogP contribution is 2.10. The molecule has 112 valence electrons. The molecule has 0 aliphatic heterocycles. The van der Waals surface area contributed by atoms with E-state index in [0.717, 1.165) is 6.08 Å². The van der Waals surface area contributed by atoms with Gasteiger partial charge in [0.25, 0.3) is 0 Å². The molecule has 1 unspecified atom stereocenters. The van der Waals surface area contributed by atoms with Crippen molar-refractivity contribution in [2.45, 2.75) is 13.0 Å². The fourth-order valence-corrected chi connectivity index (χ4v) is 1.33. The molecule has 0 aliphatic rings. The first-order valence-corrected chi connectivity index (χ1v) is 6.36. The van der Waals surface area contributed by atoms with Crippen LogP contribution in [-0.2, 0) is 19.1 Å². The molecule has 0 amide bonds. The normalized spacial score (nSPS) is 11.1. The van der Waals surface area contributed by atoms with Gasteiger partial charge in [-0.1, -0.05) is 31.4 Å². The van der Waals surface area contributed by atoms with E-state index in [-0.39, 0.29) is 18.8 Å². The second-order valence-corrected chi connectivity index (χ2v) is 4.27. The number of carbonyl (C=O) groups is 2. The first-order chi connectivity index (χ1) is 10.0. The van der Waals surface area contributed by atoms with Crippen LogP contribution in [0.25, 0.3) is 0 Å². The van der Waals surface area contributed by atoms with Crippen LogP contribution in [0.3, 0.4) is 0 Å². The first-order valence-electron chi connectivity index (χ1n) is 6.36. The lowest BCUT2D eigenvalue weighted by molar-refractivity contribution is -0.154. The Balaban J connectivity index is 2.55. The van der Waals surface area contributed by atoms with Gasteiger partial charge >= 0.3 is 11.9 Å². The molecule has 0 N–H and O–H groups in total. The summed E-state index contributed by atoms with van der Waals surface area (Å²) in [7, 11) is 0. The van der Waals surface area contributed by atoms with Crippen molar-refractivity contribution in [2.24, 2.45) is 0 Å². The van der Waals surface area contributed by atoms with Crippen LogP contribution < -0.4 is 4.74 Å². The molecule has 0 saturated heterocycles. The third-order valence-corrected chi connectivity index (χ3v) is 2.38. The molecule has 0 aromatic heterocycles. The van der Waals surface area contributed by atoms with Gasteiger partial charge in [-0.25, -0.2) is 9.59 Å². The lowest BCUT2D eigenvalue weighted by Crippen LogP contribution is -2.30.